The number of carbonyl (C=O) groups is 1. The minimum absolute atomic E-state index is 0.123. The van der Waals surface area contributed by atoms with E-state index in [2.05, 4.69) is 19.2 Å². The molecule has 0 aliphatic rings. The second-order valence-electron chi connectivity index (χ2n) is 10.9. The third-order valence-corrected chi connectivity index (χ3v) is 12.3. The Morgan fingerprint density at radius 2 is 1.34 bits per heavy atom. The summed E-state index contributed by atoms with van der Waals surface area (Å²) in [5, 5.41) is 15.7. The van der Waals surface area contributed by atoms with Crippen LogP contribution in [-0.2, 0) is 11.3 Å². The van der Waals surface area contributed by atoms with Crippen LogP contribution in [0, 0.1) is 0 Å². The Morgan fingerprint density at radius 3 is 1.85 bits per heavy atom. The van der Waals surface area contributed by atoms with Crippen molar-refractivity contribution in [1.82, 2.24) is 5.32 Å². The largest absolute Gasteiger partial charge is 0.497 e. The van der Waals surface area contributed by atoms with Gasteiger partial charge in [-0.25, -0.2) is 4.79 Å². The van der Waals surface area contributed by atoms with Gasteiger partial charge in [0.05, 0.1) is 19.3 Å². The Bertz CT molecular complexity index is 1330. The molecule has 0 aliphatic carbocycles. The van der Waals surface area contributed by atoms with Crippen LogP contribution in [0.3, 0.4) is 0 Å². The van der Waals surface area contributed by atoms with E-state index < -0.39 is 31.6 Å². The molecule has 0 aromatic heterocycles. The van der Waals surface area contributed by atoms with Crippen molar-refractivity contribution in [1.29, 1.82) is 0 Å². The molecule has 1 amide bonds. The van der Waals surface area contributed by atoms with Gasteiger partial charge in [-0.1, -0.05) is 117 Å². The zero-order valence-electron chi connectivity index (χ0n) is 23.9. The molecule has 4 aromatic rings. The maximum absolute atomic E-state index is 12.9. The molecule has 0 heterocycles. The fraction of sp³-hybridized carbons (Fsp3) is 0.265. The standard InChI is InChI=1S/C34H39NO5Si/c1-34(2,41(38,29-15-9-5-10-16-29)30-17-11-6-12-18-30)24-23-31(36)32(27-19-21-28(39-3)22-20-27)35-33(37)40-25-26-13-7-4-8-14-26/h4-22,31-32,36,38H,23-25H2,1-3H3,(H,35,37)/t31-,32-/m1/s1. The number of carbonyl (C=O) groups excluding carboxylic acids is 1. The number of rotatable bonds is 12. The number of methoxy groups -OCH3 is 1. The molecule has 0 spiro atoms. The van der Waals surface area contributed by atoms with E-state index in [4.69, 9.17) is 9.47 Å². The van der Waals surface area contributed by atoms with Gasteiger partial charge < -0.3 is 24.7 Å². The minimum Gasteiger partial charge on any atom is -0.497 e. The minimum atomic E-state index is -3.24. The average Bonchev–Trinajstić information content (AvgIpc) is 3.02. The molecule has 3 N–H and O–H groups in total. The van der Waals surface area contributed by atoms with Crippen molar-refractivity contribution in [2.75, 3.05) is 7.11 Å². The van der Waals surface area contributed by atoms with Crippen LogP contribution >= 0.6 is 0 Å². The summed E-state index contributed by atoms with van der Waals surface area (Å²) in [5.41, 5.74) is 1.60. The van der Waals surface area contributed by atoms with Crippen LogP contribution in [0.15, 0.2) is 115 Å². The molecule has 2 atom stereocenters. The lowest BCUT2D eigenvalue weighted by atomic mass is 9.95. The molecule has 0 fully saturated rings. The van der Waals surface area contributed by atoms with E-state index in [-0.39, 0.29) is 6.61 Å². The topological polar surface area (TPSA) is 88.0 Å². The molecule has 0 bridgehead atoms. The van der Waals surface area contributed by atoms with Crippen LogP contribution in [0.2, 0.25) is 5.04 Å². The number of amides is 1. The summed E-state index contributed by atoms with van der Waals surface area (Å²) in [4.78, 5) is 25.3. The van der Waals surface area contributed by atoms with E-state index in [0.717, 1.165) is 21.5 Å². The predicted molar refractivity (Wildman–Crippen MR) is 165 cm³/mol. The number of ether oxygens (including phenoxy) is 2. The van der Waals surface area contributed by atoms with Crippen molar-refractivity contribution >= 4 is 24.8 Å². The number of hydrogen-bond donors (Lipinski definition) is 3. The Kier molecular flexibility index (Phi) is 9.99. The fourth-order valence-electron chi connectivity index (χ4n) is 5.27. The highest BCUT2D eigenvalue weighted by Gasteiger charge is 2.49. The van der Waals surface area contributed by atoms with Gasteiger partial charge in [-0.2, -0.15) is 0 Å². The predicted octanol–water partition coefficient (Wildman–Crippen LogP) is 5.34. The smallest absolute Gasteiger partial charge is 0.408 e. The second kappa shape index (κ2) is 13.6. The Balaban J connectivity index is 1.55. The average molecular weight is 570 g/mol. The van der Waals surface area contributed by atoms with Crippen molar-refractivity contribution in [2.45, 2.75) is 50.5 Å². The summed E-state index contributed by atoms with van der Waals surface area (Å²) in [6.07, 6.45) is -0.685. The number of nitrogens with one attached hydrogen (secondary N) is 1. The van der Waals surface area contributed by atoms with Gasteiger partial charge in [0.1, 0.15) is 12.4 Å². The summed E-state index contributed by atoms with van der Waals surface area (Å²) in [5.74, 6) is 0.677. The molecule has 6 nitrogen and oxygen atoms in total. The van der Waals surface area contributed by atoms with Gasteiger partial charge in [-0.05, 0) is 51.5 Å². The SMILES string of the molecule is COc1ccc([C@@H](NC(=O)OCc2ccccc2)[C@H](O)CCC(C)(C)[Si](O)(c2ccccc2)c2ccccc2)cc1. The number of aliphatic hydroxyl groups excluding tert-OH is 1. The van der Waals surface area contributed by atoms with Crippen molar-refractivity contribution in [3.8, 4) is 5.75 Å². The molecule has 4 aromatic carbocycles. The normalized spacial score (nSPS) is 13.2. The van der Waals surface area contributed by atoms with Gasteiger partial charge in [-0.3, -0.25) is 0 Å². The first-order chi connectivity index (χ1) is 19.7. The monoisotopic (exact) mass is 569 g/mol. The Morgan fingerprint density at radius 1 is 0.829 bits per heavy atom. The summed E-state index contributed by atoms with van der Waals surface area (Å²) in [6.45, 7) is 4.25. The lowest BCUT2D eigenvalue weighted by Crippen LogP contribution is -2.65. The highest BCUT2D eigenvalue weighted by molar-refractivity contribution is 6.98. The van der Waals surface area contributed by atoms with E-state index in [0.29, 0.717) is 18.6 Å². The van der Waals surface area contributed by atoms with Crippen molar-refractivity contribution in [2.24, 2.45) is 0 Å². The highest BCUT2D eigenvalue weighted by atomic mass is 28.4. The van der Waals surface area contributed by atoms with E-state index in [9.17, 15) is 14.7 Å². The van der Waals surface area contributed by atoms with E-state index in [1.807, 2.05) is 103 Å². The number of benzene rings is 4. The first-order valence-corrected chi connectivity index (χ1v) is 15.8. The second-order valence-corrected chi connectivity index (χ2v) is 14.8. The molecule has 0 saturated carbocycles. The fourth-order valence-corrected chi connectivity index (χ4v) is 9.02. The molecule has 7 heteroatoms. The summed E-state index contributed by atoms with van der Waals surface area (Å²) in [7, 11) is -1.65. The van der Waals surface area contributed by atoms with Crippen LogP contribution in [0.5, 0.6) is 5.75 Å². The number of aliphatic hydroxyl groups is 1. The van der Waals surface area contributed by atoms with Gasteiger partial charge in [0, 0.05) is 0 Å². The van der Waals surface area contributed by atoms with Crippen molar-refractivity contribution < 1.29 is 24.2 Å². The molecule has 0 unspecified atom stereocenters. The van der Waals surface area contributed by atoms with Crippen LogP contribution in [0.1, 0.15) is 43.9 Å². The first kappa shape index (κ1) is 30.1. The Labute approximate surface area is 243 Å². The summed E-state index contributed by atoms with van der Waals surface area (Å²) < 4.78 is 10.8. The summed E-state index contributed by atoms with van der Waals surface area (Å²) >= 11 is 0. The third kappa shape index (κ3) is 7.24. The van der Waals surface area contributed by atoms with Crippen molar-refractivity contribution in [3.63, 3.8) is 0 Å². The molecule has 0 saturated heterocycles. The first-order valence-electron chi connectivity index (χ1n) is 13.9. The quantitative estimate of drug-likeness (QED) is 0.201. The van der Waals surface area contributed by atoms with Gasteiger partial charge in [0.2, 0.25) is 0 Å². The third-order valence-electron chi connectivity index (χ3n) is 7.77. The molecular formula is C34H39NO5Si. The van der Waals surface area contributed by atoms with Gasteiger partial charge >= 0.3 is 6.09 Å². The molecule has 0 aliphatic heterocycles. The lowest BCUT2D eigenvalue weighted by Gasteiger charge is -2.42. The summed E-state index contributed by atoms with van der Waals surface area (Å²) in [6, 6.07) is 35.6. The molecule has 0 radical (unpaired) electrons. The maximum atomic E-state index is 12.9. The van der Waals surface area contributed by atoms with Crippen LogP contribution in [0.25, 0.3) is 0 Å². The van der Waals surface area contributed by atoms with E-state index >= 15 is 0 Å². The van der Waals surface area contributed by atoms with Gasteiger partial charge in [0.15, 0.2) is 0 Å². The molecule has 41 heavy (non-hydrogen) atoms. The van der Waals surface area contributed by atoms with Crippen LogP contribution in [0.4, 0.5) is 4.79 Å². The van der Waals surface area contributed by atoms with Gasteiger partial charge in [0.25, 0.3) is 8.32 Å². The molecule has 4 rings (SSSR count). The van der Waals surface area contributed by atoms with Crippen LogP contribution < -0.4 is 20.4 Å². The van der Waals surface area contributed by atoms with Gasteiger partial charge in [-0.15, -0.1) is 0 Å². The van der Waals surface area contributed by atoms with Crippen LogP contribution in [-0.4, -0.2) is 37.5 Å². The zero-order valence-corrected chi connectivity index (χ0v) is 24.9. The lowest BCUT2D eigenvalue weighted by molar-refractivity contribution is 0.0930. The molecule has 214 valence electrons. The maximum Gasteiger partial charge on any atom is 0.408 e. The van der Waals surface area contributed by atoms with E-state index in [1.54, 1.807) is 19.2 Å². The molecular weight excluding hydrogens is 530 g/mol. The number of hydrogen-bond acceptors (Lipinski definition) is 5. The number of alkyl carbamates (subject to hydrolysis) is 1. The Hall–Kier alpha value is -3.91. The zero-order chi connectivity index (χ0) is 29.3. The highest BCUT2D eigenvalue weighted by Crippen LogP contribution is 2.41. The van der Waals surface area contributed by atoms with Crippen molar-refractivity contribution in [3.05, 3.63) is 126 Å². The van der Waals surface area contributed by atoms with E-state index in [1.165, 1.54) is 0 Å².